The quantitative estimate of drug-likeness (QED) is 0.275. The van der Waals surface area contributed by atoms with Crippen molar-refractivity contribution in [2.24, 2.45) is 0 Å². The van der Waals surface area contributed by atoms with E-state index in [0.29, 0.717) is 18.6 Å². The lowest BCUT2D eigenvalue weighted by atomic mass is 10.1. The van der Waals surface area contributed by atoms with Gasteiger partial charge in [-0.3, -0.25) is 0 Å². The van der Waals surface area contributed by atoms with Crippen LogP contribution in [0.3, 0.4) is 0 Å². The maximum atomic E-state index is 10.8. The van der Waals surface area contributed by atoms with Crippen molar-refractivity contribution >= 4 is 5.78 Å². The molecule has 1 heterocycles. The molecule has 138 valence electrons. The smallest absolute Gasteiger partial charge is 0.130 e. The molecular formula is C23H34O2. The third-order valence-corrected chi connectivity index (χ3v) is 3.97. The van der Waals surface area contributed by atoms with Crippen molar-refractivity contribution in [1.82, 2.24) is 0 Å². The molecule has 25 heavy (non-hydrogen) atoms. The second kappa shape index (κ2) is 14.7. The van der Waals surface area contributed by atoms with Crippen LogP contribution >= 0.6 is 0 Å². The van der Waals surface area contributed by atoms with Gasteiger partial charge in [0, 0.05) is 6.42 Å². The van der Waals surface area contributed by atoms with E-state index < -0.39 is 0 Å². The third kappa shape index (κ3) is 13.3. The highest BCUT2D eigenvalue weighted by Crippen LogP contribution is 2.28. The van der Waals surface area contributed by atoms with Gasteiger partial charge < -0.3 is 9.53 Å². The summed E-state index contributed by atoms with van der Waals surface area (Å²) in [7, 11) is 0. The number of hydrogen-bond acceptors (Lipinski definition) is 2. The molecule has 2 heteroatoms. The second-order valence-corrected chi connectivity index (χ2v) is 6.40. The van der Waals surface area contributed by atoms with E-state index >= 15 is 0 Å². The Morgan fingerprint density at radius 1 is 0.760 bits per heavy atom. The Kier molecular flexibility index (Phi) is 12.5. The van der Waals surface area contributed by atoms with Crippen molar-refractivity contribution in [3.8, 4) is 0 Å². The molecule has 0 N–H and O–H groups in total. The average Bonchev–Trinajstić information content (AvgIpc) is 3.33. The van der Waals surface area contributed by atoms with Crippen molar-refractivity contribution in [2.75, 3.05) is 0 Å². The lowest BCUT2D eigenvalue weighted by molar-refractivity contribution is -0.116. The Hall–Kier alpha value is -1.67. The fourth-order valence-corrected chi connectivity index (χ4v) is 2.44. The topological polar surface area (TPSA) is 29.6 Å². The lowest BCUT2D eigenvalue weighted by Crippen LogP contribution is -1.89. The van der Waals surface area contributed by atoms with Crippen LogP contribution in [-0.4, -0.2) is 18.0 Å². The maximum Gasteiger partial charge on any atom is 0.130 e. The normalized spacial score (nSPS) is 20.9. The Bertz CT molecular complexity index is 494. The number of epoxide rings is 1. The summed E-state index contributed by atoms with van der Waals surface area (Å²) in [6.45, 7) is 3.79. The summed E-state index contributed by atoms with van der Waals surface area (Å²) < 4.78 is 5.63. The summed E-state index contributed by atoms with van der Waals surface area (Å²) in [5.41, 5.74) is 0. The molecule has 0 aliphatic carbocycles. The van der Waals surface area contributed by atoms with Gasteiger partial charge in [-0.05, 0) is 51.9 Å². The number of hydrogen-bond donors (Lipinski definition) is 0. The van der Waals surface area contributed by atoms with Crippen molar-refractivity contribution in [2.45, 2.75) is 77.4 Å². The first-order valence-electron chi connectivity index (χ1n) is 9.64. The SMILES string of the molecule is CC/C=C\CC1OC1C/C=C\C/C=C\C/C=C\C/C=C\CCC(C)=O. The minimum atomic E-state index is 0.257. The summed E-state index contributed by atoms with van der Waals surface area (Å²) in [5.74, 6) is 0.257. The van der Waals surface area contributed by atoms with Crippen molar-refractivity contribution in [3.63, 3.8) is 0 Å². The van der Waals surface area contributed by atoms with Gasteiger partial charge in [0.2, 0.25) is 0 Å². The van der Waals surface area contributed by atoms with Crippen LogP contribution in [0.25, 0.3) is 0 Å². The molecule has 0 aromatic heterocycles. The summed E-state index contributed by atoms with van der Waals surface area (Å²) in [4.78, 5) is 10.8. The fraction of sp³-hybridized carbons (Fsp3) is 0.522. The predicted octanol–water partition coefficient (Wildman–Crippen LogP) is 6.26. The Morgan fingerprint density at radius 2 is 1.24 bits per heavy atom. The molecule has 2 unspecified atom stereocenters. The minimum Gasteiger partial charge on any atom is -0.369 e. The summed E-state index contributed by atoms with van der Waals surface area (Å²) >= 11 is 0. The van der Waals surface area contributed by atoms with Gasteiger partial charge in [0.15, 0.2) is 0 Å². The predicted molar refractivity (Wildman–Crippen MR) is 108 cm³/mol. The van der Waals surface area contributed by atoms with E-state index in [1.165, 1.54) is 0 Å². The number of carbonyl (C=O) groups excluding carboxylic acids is 1. The third-order valence-electron chi connectivity index (χ3n) is 3.97. The molecule has 0 aromatic rings. The molecule has 1 saturated heterocycles. The largest absolute Gasteiger partial charge is 0.369 e. The first-order chi connectivity index (χ1) is 12.2. The molecule has 0 spiro atoms. The van der Waals surface area contributed by atoms with Crippen molar-refractivity contribution in [3.05, 3.63) is 60.8 Å². The van der Waals surface area contributed by atoms with Gasteiger partial charge in [0.05, 0.1) is 12.2 Å². The number of Topliss-reactive ketones (excluding diaryl/α,β-unsaturated/α-hetero) is 1. The van der Waals surface area contributed by atoms with Gasteiger partial charge in [-0.15, -0.1) is 0 Å². The summed E-state index contributed by atoms with van der Waals surface area (Å²) in [5, 5.41) is 0. The Labute approximate surface area is 154 Å². The van der Waals surface area contributed by atoms with Gasteiger partial charge in [-0.2, -0.15) is 0 Å². The van der Waals surface area contributed by atoms with E-state index in [9.17, 15) is 4.79 Å². The number of rotatable bonds is 14. The standard InChI is InChI=1S/C23H34O2/c1-3-4-15-19-22-23(25-22)20-17-14-12-10-8-6-5-7-9-11-13-16-18-21(2)24/h4-5,7-8,10-11,13-15,17,22-23H,3,6,9,12,16,18-20H2,1-2H3/b7-5-,10-8-,13-11-,15-4-,17-14-. The molecule has 0 saturated carbocycles. The Balaban J connectivity index is 1.94. The lowest BCUT2D eigenvalue weighted by Gasteiger charge is -1.88. The van der Waals surface area contributed by atoms with E-state index in [1.54, 1.807) is 6.92 Å². The van der Waals surface area contributed by atoms with E-state index in [0.717, 1.165) is 44.9 Å². The fourth-order valence-electron chi connectivity index (χ4n) is 2.44. The molecule has 1 rings (SSSR count). The van der Waals surface area contributed by atoms with E-state index in [-0.39, 0.29) is 5.78 Å². The van der Waals surface area contributed by atoms with Gasteiger partial charge in [0.25, 0.3) is 0 Å². The monoisotopic (exact) mass is 342 g/mol. The van der Waals surface area contributed by atoms with Crippen LogP contribution in [0.5, 0.6) is 0 Å². The van der Waals surface area contributed by atoms with Crippen LogP contribution in [0.15, 0.2) is 60.8 Å². The molecule has 0 bridgehead atoms. The Morgan fingerprint density at radius 3 is 1.76 bits per heavy atom. The maximum absolute atomic E-state index is 10.8. The molecule has 0 amide bonds. The van der Waals surface area contributed by atoms with Crippen LogP contribution in [-0.2, 0) is 9.53 Å². The summed E-state index contributed by atoms with van der Waals surface area (Å²) in [6.07, 6.45) is 30.4. The average molecular weight is 343 g/mol. The van der Waals surface area contributed by atoms with Gasteiger partial charge in [-0.25, -0.2) is 0 Å². The second-order valence-electron chi connectivity index (χ2n) is 6.40. The van der Waals surface area contributed by atoms with Gasteiger partial charge in [-0.1, -0.05) is 67.7 Å². The molecule has 2 nitrogen and oxygen atoms in total. The number of ketones is 1. The number of ether oxygens (including phenoxy) is 1. The minimum absolute atomic E-state index is 0.257. The van der Waals surface area contributed by atoms with Crippen LogP contribution in [0.4, 0.5) is 0 Å². The molecule has 0 aromatic carbocycles. The van der Waals surface area contributed by atoms with Crippen molar-refractivity contribution in [1.29, 1.82) is 0 Å². The van der Waals surface area contributed by atoms with E-state index in [2.05, 4.69) is 67.7 Å². The van der Waals surface area contributed by atoms with E-state index in [4.69, 9.17) is 4.74 Å². The van der Waals surface area contributed by atoms with Crippen LogP contribution in [0.1, 0.15) is 65.2 Å². The zero-order valence-corrected chi connectivity index (χ0v) is 15.9. The highest BCUT2D eigenvalue weighted by molar-refractivity contribution is 5.75. The molecular weight excluding hydrogens is 308 g/mol. The van der Waals surface area contributed by atoms with E-state index in [1.807, 2.05) is 0 Å². The first-order valence-corrected chi connectivity index (χ1v) is 9.64. The number of allylic oxidation sites excluding steroid dienone is 8. The molecule has 2 atom stereocenters. The van der Waals surface area contributed by atoms with Crippen molar-refractivity contribution < 1.29 is 9.53 Å². The molecule has 0 radical (unpaired) electrons. The van der Waals surface area contributed by atoms with Gasteiger partial charge >= 0.3 is 0 Å². The van der Waals surface area contributed by atoms with Gasteiger partial charge in [0.1, 0.15) is 5.78 Å². The zero-order valence-electron chi connectivity index (χ0n) is 15.9. The molecule has 1 aliphatic heterocycles. The highest BCUT2D eigenvalue weighted by atomic mass is 16.6. The molecule has 1 aliphatic rings. The molecule has 1 fully saturated rings. The first kappa shape index (κ1) is 21.4. The highest BCUT2D eigenvalue weighted by Gasteiger charge is 2.35. The summed E-state index contributed by atoms with van der Waals surface area (Å²) in [6, 6.07) is 0. The van der Waals surface area contributed by atoms with Crippen LogP contribution in [0.2, 0.25) is 0 Å². The number of carbonyl (C=O) groups is 1. The van der Waals surface area contributed by atoms with Crippen LogP contribution in [0, 0.1) is 0 Å². The van der Waals surface area contributed by atoms with Crippen LogP contribution < -0.4 is 0 Å². The zero-order chi connectivity index (χ0) is 18.2.